The maximum Gasteiger partial charge on any atom is 0.0916 e. The molecule has 1 aliphatic heterocycles. The van der Waals surface area contributed by atoms with Gasteiger partial charge in [0.15, 0.2) is 0 Å². The molecule has 0 bridgehead atoms. The Morgan fingerprint density at radius 1 is 1.19 bits per heavy atom. The molecule has 0 saturated heterocycles. The molecule has 0 aliphatic carbocycles. The molecular weight excluding hydrogens is 256 g/mol. The molecule has 0 amide bonds. The first-order valence-electron chi connectivity index (χ1n) is 7.71. The topological polar surface area (TPSA) is 25.2 Å². The summed E-state index contributed by atoms with van der Waals surface area (Å²) in [5.41, 5.74) is 4.24. The van der Waals surface area contributed by atoms with Crippen LogP contribution >= 0.6 is 0 Å². The molecule has 3 rings (SSSR count). The van der Waals surface area contributed by atoms with Gasteiger partial charge in [0.05, 0.1) is 16.9 Å². The maximum absolute atomic E-state index is 4.58. The average Bonchev–Trinajstić information content (AvgIpc) is 2.74. The van der Waals surface area contributed by atoms with Crippen molar-refractivity contribution in [2.45, 2.75) is 40.5 Å². The molecule has 0 atom stereocenters. The molecule has 2 nitrogen and oxygen atoms in total. The lowest BCUT2D eigenvalue weighted by Gasteiger charge is -2.07. The van der Waals surface area contributed by atoms with Gasteiger partial charge in [0.25, 0.3) is 0 Å². The first kappa shape index (κ1) is 15.4. The molecule has 0 N–H and O–H groups in total. The van der Waals surface area contributed by atoms with Gasteiger partial charge in [-0.3, -0.25) is 9.98 Å². The van der Waals surface area contributed by atoms with E-state index in [-0.39, 0.29) is 0 Å². The maximum atomic E-state index is 4.58. The van der Waals surface area contributed by atoms with E-state index in [1.165, 1.54) is 17.4 Å². The van der Waals surface area contributed by atoms with Crippen LogP contribution in [0.5, 0.6) is 0 Å². The van der Waals surface area contributed by atoms with E-state index >= 15 is 0 Å². The van der Waals surface area contributed by atoms with Gasteiger partial charge in [0.1, 0.15) is 0 Å². The molecule has 2 aromatic rings. The molecule has 1 aromatic heterocycles. The molecule has 2 heterocycles. The second-order valence-electron chi connectivity index (χ2n) is 5.73. The van der Waals surface area contributed by atoms with Crippen LogP contribution in [0.1, 0.15) is 44.9 Å². The molecule has 110 valence electrons. The van der Waals surface area contributed by atoms with Crippen molar-refractivity contribution < 1.29 is 0 Å². The van der Waals surface area contributed by atoms with E-state index in [4.69, 9.17) is 0 Å². The monoisotopic (exact) mass is 280 g/mol. The Balaban J connectivity index is 0.000000282. The Hall–Kier alpha value is -1.96. The minimum absolute atomic E-state index is 0.884. The Bertz CT molecular complexity index is 667. The van der Waals surface area contributed by atoms with Gasteiger partial charge >= 0.3 is 0 Å². The van der Waals surface area contributed by atoms with Gasteiger partial charge in [-0.1, -0.05) is 57.5 Å². The number of fused-ring (bicyclic) bond motifs is 3. The first-order valence-corrected chi connectivity index (χ1v) is 7.71. The highest BCUT2D eigenvalue weighted by molar-refractivity contribution is 5.95. The number of hydrogen-bond acceptors (Lipinski definition) is 2. The number of aliphatic imine (C=N–C) groups is 1. The van der Waals surface area contributed by atoms with Crippen molar-refractivity contribution in [3.05, 3.63) is 41.6 Å². The number of allylic oxidation sites excluding steroid dienone is 1. The van der Waals surface area contributed by atoms with Crippen molar-refractivity contribution in [2.24, 2.45) is 10.9 Å². The van der Waals surface area contributed by atoms with E-state index in [1.54, 1.807) is 0 Å². The summed E-state index contributed by atoms with van der Waals surface area (Å²) in [5, 5.41) is 1.18. The Kier molecular flexibility index (Phi) is 5.26. The highest BCUT2D eigenvalue weighted by Gasteiger charge is 2.10. The van der Waals surface area contributed by atoms with Crippen LogP contribution < -0.4 is 0 Å². The highest BCUT2D eigenvalue weighted by atomic mass is 14.8. The van der Waals surface area contributed by atoms with Gasteiger partial charge < -0.3 is 0 Å². The Morgan fingerprint density at radius 2 is 1.90 bits per heavy atom. The van der Waals surface area contributed by atoms with Crippen LogP contribution in [0.3, 0.4) is 0 Å². The first-order chi connectivity index (χ1) is 10.1. The summed E-state index contributed by atoms with van der Waals surface area (Å²) in [6.07, 6.45) is 8.43. The largest absolute Gasteiger partial charge is 0.258 e. The minimum Gasteiger partial charge on any atom is -0.258 e. The summed E-state index contributed by atoms with van der Waals surface area (Å²) in [6, 6.07) is 8.21. The molecule has 2 heteroatoms. The molecule has 1 aliphatic rings. The third-order valence-electron chi connectivity index (χ3n) is 3.64. The van der Waals surface area contributed by atoms with Crippen molar-refractivity contribution in [2.75, 3.05) is 0 Å². The molecule has 0 fully saturated rings. The number of para-hydroxylation sites is 1. The number of pyridine rings is 1. The predicted molar refractivity (Wildman–Crippen MR) is 93.4 cm³/mol. The molecule has 1 aromatic carbocycles. The average molecular weight is 280 g/mol. The third-order valence-corrected chi connectivity index (χ3v) is 3.64. The van der Waals surface area contributed by atoms with Gasteiger partial charge in [-0.2, -0.15) is 0 Å². The molecule has 0 spiro atoms. The van der Waals surface area contributed by atoms with Gasteiger partial charge in [-0.15, -0.1) is 0 Å². The smallest absolute Gasteiger partial charge is 0.0916 e. The summed E-state index contributed by atoms with van der Waals surface area (Å²) < 4.78 is 0. The molecule has 0 radical (unpaired) electrons. The standard InChI is InChI=1S/C14H12N2.C5H12/c1-10-14-12(7-4-5-9-15-14)11-6-2-3-8-13(11)16-10;1-4-5(2)3/h2-4,6-9H,5H2,1H3;5H,4H2,1-3H3. The van der Waals surface area contributed by atoms with Gasteiger partial charge in [0, 0.05) is 23.6 Å². The number of hydrogen-bond donors (Lipinski definition) is 0. The van der Waals surface area contributed by atoms with Crippen LogP contribution in [0.15, 0.2) is 35.3 Å². The van der Waals surface area contributed by atoms with Crippen molar-refractivity contribution in [3.63, 3.8) is 0 Å². The number of rotatable bonds is 1. The molecule has 21 heavy (non-hydrogen) atoms. The molecule has 0 saturated carbocycles. The highest BCUT2D eigenvalue weighted by Crippen LogP contribution is 2.31. The third kappa shape index (κ3) is 3.78. The van der Waals surface area contributed by atoms with Crippen LogP contribution in [-0.4, -0.2) is 11.2 Å². The fraction of sp³-hybridized carbons (Fsp3) is 0.368. The minimum atomic E-state index is 0.884. The fourth-order valence-electron chi connectivity index (χ4n) is 2.08. The van der Waals surface area contributed by atoms with Crippen molar-refractivity contribution in [1.29, 1.82) is 0 Å². The second-order valence-corrected chi connectivity index (χ2v) is 5.73. The zero-order valence-corrected chi connectivity index (χ0v) is 13.4. The van der Waals surface area contributed by atoms with E-state index in [2.05, 4.69) is 49.0 Å². The van der Waals surface area contributed by atoms with Crippen LogP contribution in [-0.2, 0) is 0 Å². The van der Waals surface area contributed by atoms with E-state index in [1.807, 2.05) is 31.3 Å². The second kappa shape index (κ2) is 7.16. The lowest BCUT2D eigenvalue weighted by molar-refractivity contribution is 0.626. The van der Waals surface area contributed by atoms with Gasteiger partial charge in [0.2, 0.25) is 0 Å². The Labute approximate surface area is 127 Å². The zero-order valence-electron chi connectivity index (χ0n) is 13.4. The Morgan fingerprint density at radius 3 is 2.62 bits per heavy atom. The summed E-state index contributed by atoms with van der Waals surface area (Å²) in [6.45, 7) is 8.66. The van der Waals surface area contributed by atoms with Crippen molar-refractivity contribution >= 4 is 28.9 Å². The van der Waals surface area contributed by atoms with Gasteiger partial charge in [-0.05, 0) is 18.9 Å². The molecular formula is C19H24N2. The SMILES string of the molecule is CCC(C)C.Cc1nc2ccccc2c2c1N=CCC=C2. The van der Waals surface area contributed by atoms with Gasteiger partial charge in [-0.25, -0.2) is 0 Å². The van der Waals surface area contributed by atoms with Crippen LogP contribution in [0, 0.1) is 12.8 Å². The number of aryl methyl sites for hydroxylation is 1. The van der Waals surface area contributed by atoms with E-state index in [0.717, 1.165) is 29.2 Å². The molecule has 0 unspecified atom stereocenters. The number of aromatic nitrogens is 1. The van der Waals surface area contributed by atoms with E-state index < -0.39 is 0 Å². The van der Waals surface area contributed by atoms with Crippen molar-refractivity contribution in [3.8, 4) is 0 Å². The zero-order chi connectivity index (χ0) is 15.2. The lowest BCUT2D eigenvalue weighted by Crippen LogP contribution is -1.89. The fourth-order valence-corrected chi connectivity index (χ4v) is 2.08. The number of benzene rings is 1. The van der Waals surface area contributed by atoms with Crippen LogP contribution in [0.25, 0.3) is 17.0 Å². The quantitative estimate of drug-likeness (QED) is 0.656. The summed E-state index contributed by atoms with van der Waals surface area (Å²) in [7, 11) is 0. The van der Waals surface area contributed by atoms with E-state index in [9.17, 15) is 0 Å². The normalized spacial score (nSPS) is 12.8. The van der Waals surface area contributed by atoms with Crippen molar-refractivity contribution in [1.82, 2.24) is 4.98 Å². The summed E-state index contributed by atoms with van der Waals surface area (Å²) in [4.78, 5) is 9.07. The summed E-state index contributed by atoms with van der Waals surface area (Å²) >= 11 is 0. The van der Waals surface area contributed by atoms with Crippen LogP contribution in [0.2, 0.25) is 0 Å². The predicted octanol–water partition coefficient (Wildman–Crippen LogP) is 5.71. The lowest BCUT2D eigenvalue weighted by atomic mass is 10.1. The number of nitrogens with zero attached hydrogens (tertiary/aromatic N) is 2. The summed E-state index contributed by atoms with van der Waals surface area (Å²) in [5.74, 6) is 0.884. The van der Waals surface area contributed by atoms with Crippen LogP contribution in [0.4, 0.5) is 5.69 Å². The van der Waals surface area contributed by atoms with E-state index in [0.29, 0.717) is 0 Å².